The van der Waals surface area contributed by atoms with Gasteiger partial charge in [-0.3, -0.25) is 4.57 Å². The average molecular weight is 266 g/mol. The Morgan fingerprint density at radius 3 is 2.75 bits per heavy atom. The quantitative estimate of drug-likeness (QED) is 0.775. The summed E-state index contributed by atoms with van der Waals surface area (Å²) < 4.78 is 2.15. The van der Waals surface area contributed by atoms with Crippen molar-refractivity contribution in [3.63, 3.8) is 0 Å². The smallest absolute Gasteiger partial charge is 0.150 e. The molecule has 0 spiro atoms. The maximum absolute atomic E-state index is 6.01. The molecule has 2 heterocycles. The zero-order valence-electron chi connectivity index (χ0n) is 12.0. The molecule has 0 unspecified atom stereocenters. The molecule has 1 aromatic carbocycles. The van der Waals surface area contributed by atoms with Crippen LogP contribution in [0.1, 0.15) is 23.7 Å². The van der Waals surface area contributed by atoms with Gasteiger partial charge in [-0.1, -0.05) is 19.1 Å². The molecule has 0 fully saturated rings. The van der Waals surface area contributed by atoms with Gasteiger partial charge in [-0.25, -0.2) is 9.97 Å². The van der Waals surface area contributed by atoms with Crippen molar-refractivity contribution in [1.82, 2.24) is 14.5 Å². The van der Waals surface area contributed by atoms with E-state index in [0.29, 0.717) is 5.82 Å². The highest BCUT2D eigenvalue weighted by Crippen LogP contribution is 2.30. The van der Waals surface area contributed by atoms with Gasteiger partial charge in [0.25, 0.3) is 0 Å². The van der Waals surface area contributed by atoms with E-state index in [1.807, 2.05) is 0 Å². The van der Waals surface area contributed by atoms with Crippen molar-refractivity contribution >= 4 is 16.9 Å². The van der Waals surface area contributed by atoms with Gasteiger partial charge in [0, 0.05) is 11.4 Å². The van der Waals surface area contributed by atoms with Crippen LogP contribution >= 0.6 is 0 Å². The van der Waals surface area contributed by atoms with Crippen LogP contribution in [-0.2, 0) is 6.42 Å². The number of fused-ring (bicyclic) bond motifs is 1. The van der Waals surface area contributed by atoms with E-state index in [-0.39, 0.29) is 0 Å². The van der Waals surface area contributed by atoms with Gasteiger partial charge in [-0.05, 0) is 43.5 Å². The molecule has 20 heavy (non-hydrogen) atoms. The number of benzene rings is 1. The third-order valence-electron chi connectivity index (χ3n) is 3.90. The molecule has 2 aromatic heterocycles. The van der Waals surface area contributed by atoms with E-state index in [4.69, 9.17) is 5.73 Å². The molecular weight excluding hydrogens is 248 g/mol. The minimum Gasteiger partial charge on any atom is -0.383 e. The average Bonchev–Trinajstić information content (AvgIpc) is 2.72. The summed E-state index contributed by atoms with van der Waals surface area (Å²) in [5, 5.41) is 0.951. The normalized spacial score (nSPS) is 11.2. The molecular formula is C16H18N4. The Morgan fingerprint density at radius 1 is 1.20 bits per heavy atom. The summed E-state index contributed by atoms with van der Waals surface area (Å²) in [6.07, 6.45) is 2.54. The number of aryl methyl sites for hydroxylation is 2. The van der Waals surface area contributed by atoms with Crippen molar-refractivity contribution in [1.29, 1.82) is 0 Å². The highest BCUT2D eigenvalue weighted by atomic mass is 15.1. The standard InChI is InChI=1S/C16H18N4/c1-4-12-6-5-7-13(8-12)20-11(3)10(2)14-15(17)18-9-19-16(14)20/h5-9H,4H2,1-3H3,(H2,17,18,19). The van der Waals surface area contributed by atoms with Crippen molar-refractivity contribution in [2.24, 2.45) is 0 Å². The topological polar surface area (TPSA) is 56.7 Å². The summed E-state index contributed by atoms with van der Waals surface area (Å²) in [4.78, 5) is 8.53. The van der Waals surface area contributed by atoms with E-state index in [1.54, 1.807) is 0 Å². The monoisotopic (exact) mass is 266 g/mol. The molecule has 0 radical (unpaired) electrons. The third-order valence-corrected chi connectivity index (χ3v) is 3.90. The number of hydrogen-bond acceptors (Lipinski definition) is 3. The number of anilines is 1. The Morgan fingerprint density at radius 2 is 2.00 bits per heavy atom. The van der Waals surface area contributed by atoms with E-state index in [9.17, 15) is 0 Å². The maximum Gasteiger partial charge on any atom is 0.150 e. The van der Waals surface area contributed by atoms with Gasteiger partial charge in [0.2, 0.25) is 0 Å². The molecule has 0 aliphatic carbocycles. The minimum absolute atomic E-state index is 0.543. The van der Waals surface area contributed by atoms with E-state index in [1.165, 1.54) is 11.9 Å². The second kappa shape index (κ2) is 4.63. The van der Waals surface area contributed by atoms with Crippen molar-refractivity contribution < 1.29 is 0 Å². The van der Waals surface area contributed by atoms with Gasteiger partial charge in [0.05, 0.1) is 5.39 Å². The highest BCUT2D eigenvalue weighted by Gasteiger charge is 2.16. The van der Waals surface area contributed by atoms with Crippen LogP contribution in [0.5, 0.6) is 0 Å². The zero-order valence-corrected chi connectivity index (χ0v) is 12.0. The Balaban J connectivity index is 2.36. The third kappa shape index (κ3) is 1.76. The number of aromatic nitrogens is 3. The van der Waals surface area contributed by atoms with E-state index >= 15 is 0 Å². The van der Waals surface area contributed by atoms with Gasteiger partial charge >= 0.3 is 0 Å². The van der Waals surface area contributed by atoms with Gasteiger partial charge in [-0.15, -0.1) is 0 Å². The largest absolute Gasteiger partial charge is 0.383 e. The molecule has 0 amide bonds. The lowest BCUT2D eigenvalue weighted by Gasteiger charge is -2.09. The number of hydrogen-bond donors (Lipinski definition) is 1. The lowest BCUT2D eigenvalue weighted by molar-refractivity contribution is 1.00. The fourth-order valence-electron chi connectivity index (χ4n) is 2.66. The van der Waals surface area contributed by atoms with Crippen molar-refractivity contribution in [3.8, 4) is 5.69 Å². The summed E-state index contributed by atoms with van der Waals surface area (Å²) in [7, 11) is 0. The first-order chi connectivity index (χ1) is 9.63. The van der Waals surface area contributed by atoms with E-state index in [2.05, 4.69) is 59.6 Å². The zero-order chi connectivity index (χ0) is 14.3. The van der Waals surface area contributed by atoms with Gasteiger partial charge < -0.3 is 5.73 Å². The number of nitrogen functional groups attached to an aromatic ring is 1. The molecule has 0 aliphatic heterocycles. The molecule has 0 bridgehead atoms. The fraction of sp³-hybridized carbons (Fsp3) is 0.250. The van der Waals surface area contributed by atoms with E-state index in [0.717, 1.165) is 34.4 Å². The van der Waals surface area contributed by atoms with E-state index < -0.39 is 0 Å². The number of nitrogens with zero attached hydrogens (tertiary/aromatic N) is 3. The minimum atomic E-state index is 0.543. The Kier molecular flexibility index (Phi) is 2.93. The van der Waals surface area contributed by atoms with Crippen LogP contribution in [0.2, 0.25) is 0 Å². The summed E-state index contributed by atoms with van der Waals surface area (Å²) in [6.45, 7) is 6.32. The summed E-state index contributed by atoms with van der Waals surface area (Å²) >= 11 is 0. The second-order valence-corrected chi connectivity index (χ2v) is 5.03. The van der Waals surface area contributed by atoms with Crippen molar-refractivity contribution in [3.05, 3.63) is 47.4 Å². The first kappa shape index (κ1) is 12.7. The predicted octanol–water partition coefficient (Wildman–Crippen LogP) is 3.18. The SMILES string of the molecule is CCc1cccc(-n2c(C)c(C)c3c(N)ncnc32)c1. The van der Waals surface area contributed by atoms with Crippen molar-refractivity contribution in [2.45, 2.75) is 27.2 Å². The summed E-state index contributed by atoms with van der Waals surface area (Å²) in [6, 6.07) is 8.52. The lowest BCUT2D eigenvalue weighted by atomic mass is 10.1. The lowest BCUT2D eigenvalue weighted by Crippen LogP contribution is -1.99. The summed E-state index contributed by atoms with van der Waals surface area (Å²) in [5.41, 5.74) is 11.6. The molecule has 0 aliphatic rings. The highest BCUT2D eigenvalue weighted by molar-refractivity contribution is 5.92. The second-order valence-electron chi connectivity index (χ2n) is 5.03. The Hall–Kier alpha value is -2.36. The molecule has 0 atom stereocenters. The molecule has 3 rings (SSSR count). The predicted molar refractivity (Wildman–Crippen MR) is 82.1 cm³/mol. The number of rotatable bonds is 2. The van der Waals surface area contributed by atoms with Crippen LogP contribution in [0.15, 0.2) is 30.6 Å². The first-order valence-electron chi connectivity index (χ1n) is 6.81. The molecule has 0 saturated heterocycles. The molecule has 0 saturated carbocycles. The van der Waals surface area contributed by atoms with Crippen LogP contribution < -0.4 is 5.73 Å². The van der Waals surface area contributed by atoms with Crippen LogP contribution in [0.3, 0.4) is 0 Å². The van der Waals surface area contributed by atoms with Gasteiger partial charge in [0.1, 0.15) is 12.1 Å². The Bertz CT molecular complexity index is 787. The maximum atomic E-state index is 6.01. The van der Waals surface area contributed by atoms with Crippen LogP contribution in [0.4, 0.5) is 5.82 Å². The van der Waals surface area contributed by atoms with Crippen LogP contribution in [0, 0.1) is 13.8 Å². The van der Waals surface area contributed by atoms with Gasteiger partial charge in [-0.2, -0.15) is 0 Å². The molecule has 3 aromatic rings. The van der Waals surface area contributed by atoms with Crippen molar-refractivity contribution in [2.75, 3.05) is 5.73 Å². The fourth-order valence-corrected chi connectivity index (χ4v) is 2.66. The Labute approximate surface area is 118 Å². The molecule has 2 N–H and O–H groups in total. The van der Waals surface area contributed by atoms with Crippen LogP contribution in [0.25, 0.3) is 16.7 Å². The number of nitrogens with two attached hydrogens (primary N) is 1. The molecule has 4 nitrogen and oxygen atoms in total. The summed E-state index contributed by atoms with van der Waals surface area (Å²) in [5.74, 6) is 0.543. The van der Waals surface area contributed by atoms with Gasteiger partial charge in [0.15, 0.2) is 5.65 Å². The molecule has 102 valence electrons. The first-order valence-corrected chi connectivity index (χ1v) is 6.81. The molecule has 4 heteroatoms. The van der Waals surface area contributed by atoms with Crippen LogP contribution in [-0.4, -0.2) is 14.5 Å².